The van der Waals surface area contributed by atoms with Crippen molar-refractivity contribution in [3.05, 3.63) is 150 Å². The van der Waals surface area contributed by atoms with E-state index >= 15 is 0 Å². The van der Waals surface area contributed by atoms with E-state index in [1.165, 1.54) is 74.9 Å². The Hall–Kier alpha value is -5.15. The average molecular weight is 655 g/mol. The van der Waals surface area contributed by atoms with Gasteiger partial charge in [0.1, 0.15) is 0 Å². The zero-order chi connectivity index (χ0) is 30.8. The number of aryl methyl sites for hydroxylation is 1. The van der Waals surface area contributed by atoms with Gasteiger partial charge in [0.2, 0.25) is 0 Å². The van der Waals surface area contributed by atoms with Gasteiger partial charge in [-0.2, -0.15) is 0 Å². The minimum atomic E-state index is 0.209. The van der Waals surface area contributed by atoms with Crippen LogP contribution in [0.1, 0.15) is 22.3 Å². The summed E-state index contributed by atoms with van der Waals surface area (Å²) in [6, 6.07) is 44.1. The second kappa shape index (κ2) is 10.7. The Labute approximate surface area is 274 Å². The van der Waals surface area contributed by atoms with E-state index in [0.717, 1.165) is 28.8 Å². The van der Waals surface area contributed by atoms with E-state index in [0.29, 0.717) is 0 Å². The summed E-state index contributed by atoms with van der Waals surface area (Å²) in [5, 5.41) is 16.3. The van der Waals surface area contributed by atoms with Crippen molar-refractivity contribution in [2.24, 2.45) is 0 Å². The van der Waals surface area contributed by atoms with Gasteiger partial charge < -0.3 is 0 Å². The normalized spacial score (nSPS) is 12.0. The monoisotopic (exact) mass is 655 g/mol. The van der Waals surface area contributed by atoms with Crippen LogP contribution in [0.2, 0.25) is 0 Å². The Bertz CT molecular complexity index is 2470. The molecule has 0 bridgehead atoms. The summed E-state index contributed by atoms with van der Waals surface area (Å²) in [5.41, 5.74) is 17.0. The van der Waals surface area contributed by atoms with E-state index in [1.54, 1.807) is 0 Å². The van der Waals surface area contributed by atoms with Crippen LogP contribution in [-0.2, 0) is 6.42 Å². The molecule has 1 aliphatic carbocycles. The predicted octanol–water partition coefficient (Wildman–Crippen LogP) is 10.1. The van der Waals surface area contributed by atoms with E-state index in [-0.39, 0.29) is 14.5 Å². The van der Waals surface area contributed by atoms with Crippen molar-refractivity contribution >= 4 is 33.8 Å². The van der Waals surface area contributed by atoms with Crippen LogP contribution in [0.15, 0.2) is 128 Å². The summed E-state index contributed by atoms with van der Waals surface area (Å²) in [6.07, 6.45) is 2.85. The van der Waals surface area contributed by atoms with Gasteiger partial charge in [-0.05, 0) is 0 Å². The molecule has 0 atom stereocenters. The summed E-state index contributed by atoms with van der Waals surface area (Å²) in [6.45, 7) is 4.47. The van der Waals surface area contributed by atoms with Gasteiger partial charge in [0.15, 0.2) is 0 Å². The zero-order valence-corrected chi connectivity index (χ0v) is 27.3. The molecule has 0 radical (unpaired) electrons. The molecule has 8 aromatic rings. The molecule has 0 aliphatic heterocycles. The molecule has 2 heterocycles. The van der Waals surface area contributed by atoms with Gasteiger partial charge in [-0.25, -0.2) is 0 Å². The van der Waals surface area contributed by atoms with Crippen LogP contribution in [0.3, 0.4) is 0 Å². The van der Waals surface area contributed by atoms with Crippen LogP contribution in [0.25, 0.3) is 75.1 Å². The minimum absolute atomic E-state index is 0.209. The second-order valence-corrected chi connectivity index (χ2v) is 14.4. The molecule has 0 unspecified atom stereocenters. The number of aromatic nitrogens is 3. The first-order valence-corrected chi connectivity index (χ1v) is 17.4. The first-order chi connectivity index (χ1) is 22.7. The summed E-state index contributed by atoms with van der Waals surface area (Å²) >= 11 is 0.209. The predicted molar refractivity (Wildman–Crippen MR) is 191 cm³/mol. The molecule has 0 fully saturated rings. The Balaban J connectivity index is 1.40. The third kappa shape index (κ3) is 4.15. The number of hydrogen-bond donors (Lipinski definition) is 0. The van der Waals surface area contributed by atoms with E-state index in [2.05, 4.69) is 145 Å². The molecule has 0 saturated heterocycles. The summed E-state index contributed by atoms with van der Waals surface area (Å²) in [4.78, 5) is 0. The quantitative estimate of drug-likeness (QED) is 0.177. The number of nitrogens with zero attached hydrogens (tertiary/aromatic N) is 3. The summed E-state index contributed by atoms with van der Waals surface area (Å²) < 4.78 is 2.79. The Morgan fingerprint density at radius 2 is 1.33 bits per heavy atom. The van der Waals surface area contributed by atoms with E-state index < -0.39 is 0 Å². The van der Waals surface area contributed by atoms with Crippen molar-refractivity contribution in [1.82, 2.24) is 15.4 Å². The van der Waals surface area contributed by atoms with Gasteiger partial charge >= 0.3 is 275 Å². The fourth-order valence-corrected chi connectivity index (χ4v) is 9.73. The van der Waals surface area contributed by atoms with Gasteiger partial charge in [0, 0.05) is 0 Å². The first kappa shape index (κ1) is 27.2. The standard InChI is InChI=1S/C42H29N3Se/c1-25-22-34-30-16-7-6-14-28(30)23-35(34)39(26(25)2)36-24-43-45-44-42(36)41-32(20-21-38-40(41)33-18-10-11-19-37(33)46-38)31-17-9-8-15-29(31)27-12-4-3-5-13-27/h3-22,24H,23H2,1-2H3. The van der Waals surface area contributed by atoms with Crippen LogP contribution >= 0.6 is 0 Å². The molecule has 9 rings (SSSR count). The fraction of sp³-hybridized carbons (Fsp3) is 0.0714. The number of fused-ring (bicyclic) bond motifs is 6. The van der Waals surface area contributed by atoms with Crippen LogP contribution in [0.4, 0.5) is 0 Å². The van der Waals surface area contributed by atoms with Gasteiger partial charge in [-0.15, -0.1) is 0 Å². The number of rotatable bonds is 4. The van der Waals surface area contributed by atoms with Crippen LogP contribution in [-0.4, -0.2) is 29.9 Å². The third-order valence-corrected chi connectivity index (χ3v) is 12.0. The van der Waals surface area contributed by atoms with Crippen LogP contribution in [0, 0.1) is 13.8 Å². The van der Waals surface area contributed by atoms with Crippen molar-refractivity contribution in [3.63, 3.8) is 0 Å². The number of benzene rings is 6. The molecule has 218 valence electrons. The molecular formula is C42H29N3Se. The molecule has 0 spiro atoms. The Morgan fingerprint density at radius 3 is 2.20 bits per heavy atom. The van der Waals surface area contributed by atoms with E-state index in [4.69, 9.17) is 5.10 Å². The molecule has 0 saturated carbocycles. The molecule has 2 aromatic heterocycles. The van der Waals surface area contributed by atoms with Gasteiger partial charge in [0.25, 0.3) is 0 Å². The average Bonchev–Trinajstić information content (AvgIpc) is 3.67. The van der Waals surface area contributed by atoms with Crippen molar-refractivity contribution in [2.45, 2.75) is 20.3 Å². The second-order valence-electron chi connectivity index (χ2n) is 12.1. The molecule has 46 heavy (non-hydrogen) atoms. The van der Waals surface area contributed by atoms with Gasteiger partial charge in [-0.3, -0.25) is 0 Å². The third-order valence-electron chi connectivity index (χ3n) is 9.62. The van der Waals surface area contributed by atoms with Gasteiger partial charge in [-0.1, -0.05) is 0 Å². The molecule has 4 heteroatoms. The molecule has 1 aliphatic rings. The maximum atomic E-state index is 4.96. The molecule has 3 nitrogen and oxygen atoms in total. The molecular weight excluding hydrogens is 625 g/mol. The maximum absolute atomic E-state index is 4.96. The first-order valence-electron chi connectivity index (χ1n) is 15.7. The van der Waals surface area contributed by atoms with E-state index in [9.17, 15) is 0 Å². The van der Waals surface area contributed by atoms with Crippen molar-refractivity contribution in [2.75, 3.05) is 0 Å². The van der Waals surface area contributed by atoms with Crippen LogP contribution < -0.4 is 0 Å². The zero-order valence-electron chi connectivity index (χ0n) is 25.6. The van der Waals surface area contributed by atoms with Crippen molar-refractivity contribution in [1.29, 1.82) is 0 Å². The summed E-state index contributed by atoms with van der Waals surface area (Å²) in [5.74, 6) is 0. The van der Waals surface area contributed by atoms with E-state index in [1.807, 2.05) is 6.20 Å². The number of hydrogen-bond acceptors (Lipinski definition) is 3. The molecule has 0 N–H and O–H groups in total. The van der Waals surface area contributed by atoms with Crippen LogP contribution in [0.5, 0.6) is 0 Å². The van der Waals surface area contributed by atoms with Gasteiger partial charge in [0.05, 0.1) is 0 Å². The molecule has 0 amide bonds. The SMILES string of the molecule is Cc1cc2c(c(-c3cnnnc3-c3c(-c4ccccc4-c4ccccc4)ccc4[se]c5ccccc5c34)c1C)Cc1ccccc1-2. The van der Waals surface area contributed by atoms with Crippen molar-refractivity contribution in [3.8, 4) is 55.8 Å². The molecule has 6 aromatic carbocycles. The topological polar surface area (TPSA) is 38.7 Å². The Kier molecular flexibility index (Phi) is 6.34. The summed E-state index contributed by atoms with van der Waals surface area (Å²) in [7, 11) is 0. The Morgan fingerprint density at radius 1 is 0.587 bits per heavy atom. The fourth-order valence-electron chi connectivity index (χ4n) is 7.40. The van der Waals surface area contributed by atoms with Crippen molar-refractivity contribution < 1.29 is 0 Å².